The Hall–Kier alpha value is -2.25. The second-order valence-electron chi connectivity index (χ2n) is 6.03. The lowest BCUT2D eigenvalue weighted by atomic mass is 10.1. The van der Waals surface area contributed by atoms with E-state index in [9.17, 15) is 4.79 Å². The lowest BCUT2D eigenvalue weighted by Gasteiger charge is -2.14. The van der Waals surface area contributed by atoms with Crippen molar-refractivity contribution in [3.8, 4) is 11.5 Å². The quantitative estimate of drug-likeness (QED) is 0.535. The molecule has 7 heteroatoms. The Balaban J connectivity index is 2.00. The highest BCUT2D eigenvalue weighted by atomic mass is 79.9. The summed E-state index contributed by atoms with van der Waals surface area (Å²) in [4.78, 5) is 20.0. The van der Waals surface area contributed by atoms with Crippen molar-refractivity contribution in [3.05, 3.63) is 57.4 Å². The van der Waals surface area contributed by atoms with Crippen LogP contribution >= 0.6 is 27.7 Å². The molecule has 0 aromatic heterocycles. The summed E-state index contributed by atoms with van der Waals surface area (Å²) in [6.07, 6.45) is 2.69. The second kappa shape index (κ2) is 9.30. The first-order chi connectivity index (χ1) is 13.6. The van der Waals surface area contributed by atoms with E-state index in [0.717, 1.165) is 22.1 Å². The molecule has 5 nitrogen and oxygen atoms in total. The molecule has 0 atom stereocenters. The van der Waals surface area contributed by atoms with Crippen LogP contribution in [-0.4, -0.2) is 36.7 Å². The minimum atomic E-state index is -0.0458. The van der Waals surface area contributed by atoms with Crippen molar-refractivity contribution >= 4 is 50.5 Å². The van der Waals surface area contributed by atoms with Gasteiger partial charge in [-0.2, -0.15) is 0 Å². The number of ether oxygens (including phenoxy) is 2. The van der Waals surface area contributed by atoms with Crippen LogP contribution in [0.3, 0.4) is 0 Å². The van der Waals surface area contributed by atoms with Crippen LogP contribution in [0.25, 0.3) is 6.08 Å². The topological polar surface area (TPSA) is 51.1 Å². The largest absolute Gasteiger partial charge is 0.496 e. The van der Waals surface area contributed by atoms with Gasteiger partial charge in [-0.1, -0.05) is 25.1 Å². The van der Waals surface area contributed by atoms with Crippen molar-refractivity contribution in [2.75, 3.05) is 20.8 Å². The van der Waals surface area contributed by atoms with Gasteiger partial charge in [0.2, 0.25) is 0 Å². The van der Waals surface area contributed by atoms with E-state index in [-0.39, 0.29) is 5.91 Å². The van der Waals surface area contributed by atoms with E-state index < -0.39 is 0 Å². The zero-order valence-corrected chi connectivity index (χ0v) is 18.3. The molecule has 1 aliphatic rings. The molecule has 146 valence electrons. The second-order valence-corrected chi connectivity index (χ2v) is 7.89. The molecular formula is C21H21BrN2O3S. The van der Waals surface area contributed by atoms with E-state index in [1.807, 2.05) is 49.4 Å². The Morgan fingerprint density at radius 1 is 1.14 bits per heavy atom. The van der Waals surface area contributed by atoms with Crippen LogP contribution in [0.1, 0.15) is 18.9 Å². The van der Waals surface area contributed by atoms with Gasteiger partial charge in [0, 0.05) is 18.2 Å². The number of aliphatic imine (C=N–C) groups is 1. The smallest absolute Gasteiger partial charge is 0.266 e. The summed E-state index contributed by atoms with van der Waals surface area (Å²) in [5, 5.41) is 0.691. The predicted octanol–water partition coefficient (Wildman–Crippen LogP) is 5.48. The molecule has 28 heavy (non-hydrogen) atoms. The summed E-state index contributed by atoms with van der Waals surface area (Å²) < 4.78 is 11.6. The Morgan fingerprint density at radius 2 is 1.86 bits per heavy atom. The first-order valence-corrected chi connectivity index (χ1v) is 10.4. The maximum absolute atomic E-state index is 13.0. The Labute approximate surface area is 177 Å². The van der Waals surface area contributed by atoms with Crippen LogP contribution in [0.2, 0.25) is 0 Å². The number of hydrogen-bond donors (Lipinski definition) is 0. The van der Waals surface area contributed by atoms with Crippen LogP contribution in [0.15, 0.2) is 56.8 Å². The molecule has 3 rings (SSSR count). The molecule has 1 heterocycles. The minimum absolute atomic E-state index is 0.0458. The summed E-state index contributed by atoms with van der Waals surface area (Å²) in [5.74, 6) is 1.26. The molecule has 1 saturated heterocycles. The van der Waals surface area contributed by atoms with Gasteiger partial charge < -0.3 is 9.47 Å². The number of carbonyl (C=O) groups is 1. The van der Waals surface area contributed by atoms with E-state index in [0.29, 0.717) is 28.1 Å². The molecule has 1 aliphatic heterocycles. The van der Waals surface area contributed by atoms with E-state index in [4.69, 9.17) is 9.47 Å². The van der Waals surface area contributed by atoms with Gasteiger partial charge in [0.25, 0.3) is 5.91 Å². The number of hydrogen-bond acceptors (Lipinski definition) is 5. The number of benzene rings is 2. The summed E-state index contributed by atoms with van der Waals surface area (Å²) in [7, 11) is 3.20. The average molecular weight is 461 g/mol. The molecule has 2 aromatic carbocycles. The fourth-order valence-electron chi connectivity index (χ4n) is 2.76. The van der Waals surface area contributed by atoms with Crippen molar-refractivity contribution in [2.45, 2.75) is 13.3 Å². The number of carbonyl (C=O) groups excluding carboxylic acids is 1. The molecule has 1 amide bonds. The molecule has 0 unspecified atom stereocenters. The number of nitrogens with zero attached hydrogens (tertiary/aromatic N) is 2. The fourth-order valence-corrected chi connectivity index (χ4v) is 4.30. The SMILES string of the molecule is CCCN1C(=O)C(=Cc2cc(Br)c(OC)cc2OC)SC1=Nc1ccccc1. The number of amides is 1. The van der Waals surface area contributed by atoms with Gasteiger partial charge in [-0.15, -0.1) is 0 Å². The highest BCUT2D eigenvalue weighted by molar-refractivity contribution is 9.10. The zero-order valence-electron chi connectivity index (χ0n) is 15.9. The van der Waals surface area contributed by atoms with Gasteiger partial charge in [0.15, 0.2) is 5.17 Å². The number of thioether (sulfide) groups is 1. The van der Waals surface area contributed by atoms with Crippen molar-refractivity contribution in [3.63, 3.8) is 0 Å². The van der Waals surface area contributed by atoms with E-state index in [2.05, 4.69) is 20.9 Å². The molecular weight excluding hydrogens is 440 g/mol. The summed E-state index contributed by atoms with van der Waals surface area (Å²) in [6.45, 7) is 2.67. The highest BCUT2D eigenvalue weighted by Gasteiger charge is 2.33. The lowest BCUT2D eigenvalue weighted by Crippen LogP contribution is -2.29. The molecule has 0 radical (unpaired) electrons. The maximum Gasteiger partial charge on any atom is 0.266 e. The van der Waals surface area contributed by atoms with Crippen molar-refractivity contribution in [1.29, 1.82) is 0 Å². The van der Waals surface area contributed by atoms with Crippen molar-refractivity contribution in [2.24, 2.45) is 4.99 Å². The van der Waals surface area contributed by atoms with Crippen LogP contribution < -0.4 is 9.47 Å². The lowest BCUT2D eigenvalue weighted by molar-refractivity contribution is -0.122. The molecule has 0 saturated carbocycles. The molecule has 0 N–H and O–H groups in total. The zero-order chi connectivity index (χ0) is 20.1. The van der Waals surface area contributed by atoms with Gasteiger partial charge in [-0.3, -0.25) is 9.69 Å². The van der Waals surface area contributed by atoms with Gasteiger partial charge >= 0.3 is 0 Å². The van der Waals surface area contributed by atoms with E-state index >= 15 is 0 Å². The van der Waals surface area contributed by atoms with Crippen LogP contribution in [0.4, 0.5) is 5.69 Å². The number of rotatable bonds is 6. The average Bonchev–Trinajstić information content (AvgIpc) is 2.98. The maximum atomic E-state index is 13.0. The van der Waals surface area contributed by atoms with Gasteiger partial charge in [-0.05, 0) is 58.4 Å². The first-order valence-electron chi connectivity index (χ1n) is 8.84. The van der Waals surface area contributed by atoms with Crippen molar-refractivity contribution in [1.82, 2.24) is 4.90 Å². The van der Waals surface area contributed by atoms with Gasteiger partial charge in [0.1, 0.15) is 11.5 Å². The Kier molecular flexibility index (Phi) is 6.80. The molecule has 2 aromatic rings. The van der Waals surface area contributed by atoms with Gasteiger partial charge in [0.05, 0.1) is 29.3 Å². The van der Waals surface area contributed by atoms with Crippen molar-refractivity contribution < 1.29 is 14.3 Å². The monoisotopic (exact) mass is 460 g/mol. The standard InChI is InChI=1S/C21H21BrN2O3S/c1-4-10-24-20(25)19(28-21(24)23-15-8-6-5-7-9-15)12-14-11-16(22)18(27-3)13-17(14)26-2/h5-9,11-13H,4,10H2,1-3H3. The van der Waals surface area contributed by atoms with Crippen LogP contribution in [-0.2, 0) is 4.79 Å². The Morgan fingerprint density at radius 3 is 2.50 bits per heavy atom. The number of methoxy groups -OCH3 is 2. The van der Waals surface area contributed by atoms with E-state index in [1.165, 1.54) is 11.8 Å². The first kappa shape index (κ1) is 20.5. The number of amidine groups is 1. The van der Waals surface area contributed by atoms with Crippen LogP contribution in [0.5, 0.6) is 11.5 Å². The number of halogens is 1. The third-order valence-electron chi connectivity index (χ3n) is 4.11. The molecule has 1 fully saturated rings. The fraction of sp³-hybridized carbons (Fsp3) is 0.238. The van der Waals surface area contributed by atoms with Crippen LogP contribution in [0, 0.1) is 0 Å². The molecule has 0 spiro atoms. The Bertz CT molecular complexity index is 929. The van der Waals surface area contributed by atoms with E-state index in [1.54, 1.807) is 25.2 Å². The number of para-hydroxylation sites is 1. The highest BCUT2D eigenvalue weighted by Crippen LogP contribution is 2.38. The summed E-state index contributed by atoms with van der Waals surface area (Å²) in [6, 6.07) is 13.3. The normalized spacial score (nSPS) is 16.9. The third-order valence-corrected chi connectivity index (χ3v) is 5.73. The predicted molar refractivity (Wildman–Crippen MR) is 118 cm³/mol. The van der Waals surface area contributed by atoms with Gasteiger partial charge in [-0.25, -0.2) is 4.99 Å². The summed E-state index contributed by atoms with van der Waals surface area (Å²) in [5.41, 5.74) is 1.62. The minimum Gasteiger partial charge on any atom is -0.496 e. The summed E-state index contributed by atoms with van der Waals surface area (Å²) >= 11 is 4.87. The third kappa shape index (κ3) is 4.42. The molecule has 0 bridgehead atoms. The molecule has 0 aliphatic carbocycles.